The molecule has 0 aromatic rings. The van der Waals surface area contributed by atoms with Crippen LogP contribution in [0.1, 0.15) is 67.7 Å². The van der Waals surface area contributed by atoms with E-state index in [1.54, 1.807) is 6.92 Å². The van der Waals surface area contributed by atoms with Gasteiger partial charge >= 0.3 is 12.1 Å². The maximum absolute atomic E-state index is 12.5. The second kappa shape index (κ2) is 10.6. The predicted octanol–water partition coefficient (Wildman–Crippen LogP) is 3.56. The van der Waals surface area contributed by atoms with Crippen LogP contribution in [0.15, 0.2) is 11.6 Å². The second-order valence-electron chi connectivity index (χ2n) is 8.90. The standard InChI is InChI=1S/C22H38N2O6/c1-8-15(9-2)13-28-18-12-16(20(25)27-10-3)11-17(19(18)24-14(4)30-24)23-21(26)29-22(5,6)7/h12,14-15,17-19H,8-11,13H2,1-7H3,(H,23,26). The molecule has 2 rings (SSSR count). The van der Waals surface area contributed by atoms with E-state index in [1.807, 2.05) is 38.8 Å². The number of rotatable bonds is 9. The number of hydroxylamine groups is 2. The molecule has 0 saturated carbocycles. The van der Waals surface area contributed by atoms with Crippen LogP contribution >= 0.6 is 0 Å². The Bertz CT molecular complexity index is 626. The van der Waals surface area contributed by atoms with Crippen molar-refractivity contribution in [3.8, 4) is 0 Å². The monoisotopic (exact) mass is 426 g/mol. The summed E-state index contributed by atoms with van der Waals surface area (Å²) in [6, 6.07) is -0.680. The maximum Gasteiger partial charge on any atom is 0.407 e. The third kappa shape index (κ3) is 6.96. The highest BCUT2D eigenvalue weighted by Crippen LogP contribution is 2.35. The molecule has 0 spiro atoms. The number of nitrogens with zero attached hydrogens (tertiary/aromatic N) is 1. The molecule has 1 heterocycles. The fourth-order valence-corrected chi connectivity index (χ4v) is 3.62. The van der Waals surface area contributed by atoms with Crippen LogP contribution in [-0.4, -0.2) is 60.4 Å². The molecule has 1 aliphatic heterocycles. The minimum Gasteiger partial charge on any atom is -0.463 e. The Hall–Kier alpha value is -1.64. The van der Waals surface area contributed by atoms with Crippen molar-refractivity contribution >= 4 is 12.1 Å². The Morgan fingerprint density at radius 2 is 1.90 bits per heavy atom. The van der Waals surface area contributed by atoms with Gasteiger partial charge in [-0.2, -0.15) is 0 Å². The lowest BCUT2D eigenvalue weighted by Crippen LogP contribution is -2.56. The van der Waals surface area contributed by atoms with Crippen molar-refractivity contribution in [2.45, 2.75) is 97.7 Å². The van der Waals surface area contributed by atoms with E-state index in [0.29, 0.717) is 24.5 Å². The summed E-state index contributed by atoms with van der Waals surface area (Å²) in [5.74, 6) is 0.0414. The van der Waals surface area contributed by atoms with Gasteiger partial charge in [-0.3, -0.25) is 4.84 Å². The van der Waals surface area contributed by atoms with E-state index < -0.39 is 23.8 Å². The van der Waals surface area contributed by atoms with E-state index in [-0.39, 0.29) is 24.8 Å². The molecule has 172 valence electrons. The zero-order chi connectivity index (χ0) is 22.5. The molecule has 0 radical (unpaired) electrons. The van der Waals surface area contributed by atoms with Crippen LogP contribution in [0.5, 0.6) is 0 Å². The summed E-state index contributed by atoms with van der Waals surface area (Å²) in [5, 5.41) is 4.75. The van der Waals surface area contributed by atoms with E-state index in [0.717, 1.165) is 12.8 Å². The molecule has 2 aliphatic rings. The van der Waals surface area contributed by atoms with Gasteiger partial charge in [0.15, 0.2) is 6.23 Å². The zero-order valence-electron chi connectivity index (χ0n) is 19.4. The highest BCUT2D eigenvalue weighted by atomic mass is 16.8. The van der Waals surface area contributed by atoms with Crippen molar-refractivity contribution in [3.63, 3.8) is 0 Å². The van der Waals surface area contributed by atoms with Crippen LogP contribution < -0.4 is 5.32 Å². The normalized spacial score (nSPS) is 28.7. The van der Waals surface area contributed by atoms with Crippen LogP contribution in [0.25, 0.3) is 0 Å². The Morgan fingerprint density at radius 3 is 2.40 bits per heavy atom. The number of hydrogen-bond acceptors (Lipinski definition) is 7. The van der Waals surface area contributed by atoms with Crippen molar-refractivity contribution in [1.29, 1.82) is 0 Å². The first-order chi connectivity index (χ1) is 14.1. The lowest BCUT2D eigenvalue weighted by atomic mass is 9.87. The summed E-state index contributed by atoms with van der Waals surface area (Å²) in [6.07, 6.45) is 3.15. The molecule has 0 aromatic carbocycles. The van der Waals surface area contributed by atoms with Gasteiger partial charge in [0.1, 0.15) is 5.60 Å². The number of hydrogen-bond donors (Lipinski definition) is 1. The fraction of sp³-hybridized carbons (Fsp3) is 0.818. The molecule has 1 aliphatic carbocycles. The Kier molecular flexibility index (Phi) is 8.70. The molecular weight excluding hydrogens is 388 g/mol. The number of amides is 1. The highest BCUT2D eigenvalue weighted by molar-refractivity contribution is 5.89. The van der Waals surface area contributed by atoms with Crippen LogP contribution in [0, 0.1) is 5.92 Å². The quantitative estimate of drug-likeness (QED) is 0.445. The average Bonchev–Trinajstić information content (AvgIpc) is 3.36. The van der Waals surface area contributed by atoms with Crippen molar-refractivity contribution < 1.29 is 28.6 Å². The molecule has 5 unspecified atom stereocenters. The first-order valence-electron chi connectivity index (χ1n) is 11.0. The van der Waals surface area contributed by atoms with E-state index in [1.165, 1.54) is 0 Å². The van der Waals surface area contributed by atoms with Crippen LogP contribution in [0.2, 0.25) is 0 Å². The molecule has 0 bridgehead atoms. The molecule has 1 saturated heterocycles. The lowest BCUT2D eigenvalue weighted by Gasteiger charge is -2.37. The van der Waals surface area contributed by atoms with Crippen LogP contribution in [0.3, 0.4) is 0 Å². The summed E-state index contributed by atoms with van der Waals surface area (Å²) >= 11 is 0. The van der Waals surface area contributed by atoms with Crippen LogP contribution in [-0.2, 0) is 23.8 Å². The van der Waals surface area contributed by atoms with Gasteiger partial charge in [0.2, 0.25) is 0 Å². The van der Waals surface area contributed by atoms with Gasteiger partial charge in [-0.15, -0.1) is 5.06 Å². The number of alkyl carbamates (subject to hydrolysis) is 1. The molecule has 1 fully saturated rings. The third-order valence-electron chi connectivity index (χ3n) is 5.35. The fourth-order valence-electron chi connectivity index (χ4n) is 3.62. The first-order valence-corrected chi connectivity index (χ1v) is 11.0. The van der Waals surface area contributed by atoms with Gasteiger partial charge in [-0.1, -0.05) is 26.7 Å². The number of esters is 1. The summed E-state index contributed by atoms with van der Waals surface area (Å²) < 4.78 is 16.9. The minimum atomic E-state index is -0.622. The van der Waals surface area contributed by atoms with E-state index in [2.05, 4.69) is 19.2 Å². The van der Waals surface area contributed by atoms with Crippen molar-refractivity contribution in [1.82, 2.24) is 10.4 Å². The SMILES string of the molecule is CCOC(=O)C1=CC(OCC(CC)CC)C(N2OC2C)C(NC(=O)OC(C)(C)C)C1. The van der Waals surface area contributed by atoms with E-state index >= 15 is 0 Å². The van der Waals surface area contributed by atoms with Gasteiger partial charge in [-0.05, 0) is 46.6 Å². The topological polar surface area (TPSA) is 89.4 Å². The second-order valence-corrected chi connectivity index (χ2v) is 8.90. The first kappa shape index (κ1) is 24.6. The Labute approximate surface area is 180 Å². The summed E-state index contributed by atoms with van der Waals surface area (Å²) in [4.78, 5) is 30.6. The van der Waals surface area contributed by atoms with E-state index in [9.17, 15) is 9.59 Å². The van der Waals surface area contributed by atoms with Gasteiger partial charge < -0.3 is 19.5 Å². The molecule has 1 amide bonds. The molecule has 8 nitrogen and oxygen atoms in total. The average molecular weight is 427 g/mol. The van der Waals surface area contributed by atoms with Gasteiger partial charge in [-0.25, -0.2) is 9.59 Å². The van der Waals surface area contributed by atoms with Gasteiger partial charge in [0.05, 0.1) is 31.4 Å². The smallest absolute Gasteiger partial charge is 0.407 e. The number of carbonyl (C=O) groups is 2. The van der Waals surface area contributed by atoms with Crippen molar-refractivity contribution in [3.05, 3.63) is 11.6 Å². The highest BCUT2D eigenvalue weighted by Gasteiger charge is 2.50. The summed E-state index contributed by atoms with van der Waals surface area (Å²) in [7, 11) is 0. The largest absolute Gasteiger partial charge is 0.463 e. The summed E-state index contributed by atoms with van der Waals surface area (Å²) in [5.41, 5.74) is -0.124. The Morgan fingerprint density at radius 1 is 1.27 bits per heavy atom. The van der Waals surface area contributed by atoms with Gasteiger partial charge in [0.25, 0.3) is 0 Å². The maximum atomic E-state index is 12.5. The van der Waals surface area contributed by atoms with E-state index in [4.69, 9.17) is 19.0 Å². The number of carbonyl (C=O) groups excluding carboxylic acids is 2. The molecule has 8 heteroatoms. The third-order valence-corrected chi connectivity index (χ3v) is 5.35. The molecule has 0 aromatic heterocycles. The lowest BCUT2D eigenvalue weighted by molar-refractivity contribution is -0.139. The molecule has 1 N–H and O–H groups in total. The minimum absolute atomic E-state index is 0.0743. The molecule has 5 atom stereocenters. The van der Waals surface area contributed by atoms with Crippen molar-refractivity contribution in [2.75, 3.05) is 13.2 Å². The number of nitrogens with one attached hydrogen (secondary N) is 1. The molecular formula is C22H38N2O6. The van der Waals surface area contributed by atoms with Crippen LogP contribution in [0.4, 0.5) is 4.79 Å². The Balaban J connectivity index is 2.25. The molecule has 30 heavy (non-hydrogen) atoms. The van der Waals surface area contributed by atoms with Gasteiger partial charge in [0, 0.05) is 12.0 Å². The zero-order valence-corrected chi connectivity index (χ0v) is 19.4. The van der Waals surface area contributed by atoms with Crippen molar-refractivity contribution in [2.24, 2.45) is 5.92 Å². The number of ether oxygens (including phenoxy) is 3. The summed E-state index contributed by atoms with van der Waals surface area (Å²) in [6.45, 7) is 14.3. The predicted molar refractivity (Wildman–Crippen MR) is 112 cm³/mol.